The molecule has 3 atom stereocenters. The van der Waals surface area contributed by atoms with Gasteiger partial charge in [-0.2, -0.15) is 4.31 Å². The summed E-state index contributed by atoms with van der Waals surface area (Å²) in [5.74, 6) is -1.38. The lowest BCUT2D eigenvalue weighted by molar-refractivity contribution is -0.127. The molecular weight excluding hydrogens is 726 g/mol. The van der Waals surface area contributed by atoms with Crippen LogP contribution in [0.5, 0.6) is 5.88 Å². The van der Waals surface area contributed by atoms with E-state index in [0.717, 1.165) is 22.3 Å². The first-order valence-electron chi connectivity index (χ1n) is 17.9. The Morgan fingerprint density at radius 3 is 2.07 bits per heavy atom. The minimum absolute atomic E-state index is 0.0726. The van der Waals surface area contributed by atoms with Crippen molar-refractivity contribution < 1.29 is 23.4 Å². The van der Waals surface area contributed by atoms with Crippen LogP contribution < -0.4 is 16.7 Å². The molecule has 0 radical (unpaired) electrons. The molecule has 0 unspecified atom stereocenters. The molecule has 4 aromatic carbocycles. The zero-order chi connectivity index (χ0) is 39.2. The average Bonchev–Trinajstić information content (AvgIpc) is 3.40. The number of nitrogens with two attached hydrogens (primary N) is 1. The maximum absolute atomic E-state index is 14.2. The summed E-state index contributed by atoms with van der Waals surface area (Å²) in [7, 11) is -4.14. The molecule has 0 spiro atoms. The second-order valence-corrected chi connectivity index (χ2v) is 16.6. The van der Waals surface area contributed by atoms with Crippen molar-refractivity contribution in [2.75, 3.05) is 18.8 Å². The predicted molar refractivity (Wildman–Crippen MR) is 213 cm³/mol. The lowest BCUT2D eigenvalue weighted by Crippen LogP contribution is -2.53. The molecule has 5 N–H and O–H groups in total. The third-order valence-corrected chi connectivity index (χ3v) is 11.4. The SMILES string of the molecule is CC(C)CN(C[C@@H](O)[C@H](Cc1ccccc1)NC(=O)[C@H](C(C)C)n1cc(O)n(Cc2ccc(-c3ccccc3)cc2)c1=O)S(=O)(=O)c1ccc(Cl)c(N)c1. The Morgan fingerprint density at radius 2 is 1.48 bits per heavy atom. The van der Waals surface area contributed by atoms with Crippen LogP contribution in [0.3, 0.4) is 0 Å². The highest BCUT2D eigenvalue weighted by molar-refractivity contribution is 7.89. The number of aromatic hydroxyl groups is 1. The van der Waals surface area contributed by atoms with Crippen molar-refractivity contribution in [2.24, 2.45) is 11.8 Å². The van der Waals surface area contributed by atoms with E-state index in [-0.39, 0.29) is 53.5 Å². The van der Waals surface area contributed by atoms with Crippen molar-refractivity contribution in [1.82, 2.24) is 18.8 Å². The highest BCUT2D eigenvalue weighted by Gasteiger charge is 2.34. The van der Waals surface area contributed by atoms with Crippen molar-refractivity contribution in [2.45, 2.75) is 63.7 Å². The van der Waals surface area contributed by atoms with Crippen LogP contribution >= 0.6 is 11.6 Å². The van der Waals surface area contributed by atoms with Gasteiger partial charge in [-0.15, -0.1) is 0 Å². The summed E-state index contributed by atoms with van der Waals surface area (Å²) in [5, 5.41) is 25.9. The smallest absolute Gasteiger partial charge is 0.332 e. The highest BCUT2D eigenvalue weighted by atomic mass is 35.5. The minimum Gasteiger partial charge on any atom is -0.493 e. The van der Waals surface area contributed by atoms with Crippen molar-refractivity contribution in [3.8, 4) is 17.0 Å². The summed E-state index contributed by atoms with van der Waals surface area (Å²) in [6.45, 7) is 7.11. The number of aromatic nitrogens is 2. The Bertz CT molecular complexity index is 2190. The number of nitrogen functional groups attached to an aromatic ring is 1. The van der Waals surface area contributed by atoms with Gasteiger partial charge in [0.25, 0.3) is 0 Å². The first kappa shape index (κ1) is 40.3. The van der Waals surface area contributed by atoms with Gasteiger partial charge in [0.15, 0.2) is 0 Å². The molecule has 0 aliphatic rings. The van der Waals surface area contributed by atoms with E-state index in [1.807, 2.05) is 98.8 Å². The lowest BCUT2D eigenvalue weighted by atomic mass is 9.98. The molecule has 1 heterocycles. The van der Waals surface area contributed by atoms with Gasteiger partial charge in [-0.25, -0.2) is 13.2 Å². The molecule has 0 fully saturated rings. The number of hydrogen-bond donors (Lipinski definition) is 4. The van der Waals surface area contributed by atoms with E-state index in [0.29, 0.717) is 0 Å². The van der Waals surface area contributed by atoms with Gasteiger partial charge in [0.2, 0.25) is 21.8 Å². The molecule has 5 rings (SSSR count). The van der Waals surface area contributed by atoms with Gasteiger partial charge in [-0.1, -0.05) is 124 Å². The van der Waals surface area contributed by atoms with Crippen LogP contribution in [0.4, 0.5) is 5.69 Å². The van der Waals surface area contributed by atoms with Crippen molar-refractivity contribution in [3.63, 3.8) is 0 Å². The van der Waals surface area contributed by atoms with E-state index in [2.05, 4.69) is 5.32 Å². The molecule has 0 saturated carbocycles. The first-order valence-corrected chi connectivity index (χ1v) is 19.7. The number of nitrogens with one attached hydrogen (secondary N) is 1. The zero-order valence-electron chi connectivity index (χ0n) is 30.8. The third kappa shape index (κ3) is 9.61. The van der Waals surface area contributed by atoms with Crippen LogP contribution in [0.1, 0.15) is 44.9 Å². The number of sulfonamides is 1. The lowest BCUT2D eigenvalue weighted by Gasteiger charge is -2.32. The maximum Gasteiger partial charge on any atom is 0.332 e. The van der Waals surface area contributed by atoms with Crippen LogP contribution in [0.2, 0.25) is 5.02 Å². The number of aliphatic hydroxyl groups excluding tert-OH is 1. The highest BCUT2D eigenvalue weighted by Crippen LogP contribution is 2.27. The molecule has 11 nitrogen and oxygen atoms in total. The Kier molecular flexibility index (Phi) is 13.1. The second kappa shape index (κ2) is 17.5. The van der Waals surface area contributed by atoms with Crippen LogP contribution in [-0.2, 0) is 27.8 Å². The number of imidazole rings is 1. The van der Waals surface area contributed by atoms with E-state index in [9.17, 15) is 28.2 Å². The molecular formula is C41H48ClN5O6S. The number of aliphatic hydroxyl groups is 1. The molecule has 286 valence electrons. The van der Waals surface area contributed by atoms with E-state index < -0.39 is 45.7 Å². The Labute approximate surface area is 321 Å². The monoisotopic (exact) mass is 773 g/mol. The molecule has 0 aliphatic heterocycles. The zero-order valence-corrected chi connectivity index (χ0v) is 32.4. The molecule has 1 amide bonds. The van der Waals surface area contributed by atoms with E-state index in [1.54, 1.807) is 13.8 Å². The van der Waals surface area contributed by atoms with Gasteiger partial charge in [0.1, 0.15) is 6.04 Å². The van der Waals surface area contributed by atoms with Crippen molar-refractivity contribution in [1.29, 1.82) is 0 Å². The maximum atomic E-state index is 14.2. The molecule has 0 bridgehead atoms. The molecule has 54 heavy (non-hydrogen) atoms. The normalized spacial score (nSPS) is 13.6. The van der Waals surface area contributed by atoms with Gasteiger partial charge in [0.05, 0.1) is 40.5 Å². The molecule has 0 saturated heterocycles. The topological polar surface area (TPSA) is 160 Å². The Hall–Kier alpha value is -4.88. The predicted octanol–water partition coefficient (Wildman–Crippen LogP) is 5.94. The Morgan fingerprint density at radius 1 is 0.870 bits per heavy atom. The summed E-state index contributed by atoms with van der Waals surface area (Å²) in [5.41, 5.74) is 9.11. The van der Waals surface area contributed by atoms with Crippen LogP contribution in [-0.4, -0.2) is 63.2 Å². The number of amides is 1. The third-order valence-electron chi connectivity index (χ3n) is 9.24. The number of nitrogens with zero attached hydrogens (tertiary/aromatic N) is 3. The standard InChI is InChI=1S/C41H48ClN5O6S/c1-27(2)23-45(54(52,53)33-19-20-34(42)35(43)22-33)25-37(48)36(21-29-11-7-5-8-12-29)44-40(50)39(28(3)4)47-26-38(49)46(41(47)51)24-30-15-17-32(18-16-30)31-13-9-6-10-14-31/h5-20,22,26-28,36-37,39,48-49H,21,23-25,43H2,1-4H3,(H,44,50)/t36-,37+,39-/m0/s1. The molecule has 13 heteroatoms. The quantitative estimate of drug-likeness (QED) is 0.0904. The Balaban J connectivity index is 1.41. The molecule has 1 aromatic heterocycles. The number of anilines is 1. The number of hydrogen-bond acceptors (Lipinski definition) is 7. The van der Waals surface area contributed by atoms with Gasteiger partial charge in [-0.3, -0.25) is 13.9 Å². The fraction of sp³-hybridized carbons (Fsp3) is 0.317. The van der Waals surface area contributed by atoms with Crippen molar-refractivity contribution in [3.05, 3.63) is 136 Å². The van der Waals surface area contributed by atoms with E-state index >= 15 is 0 Å². The summed E-state index contributed by atoms with van der Waals surface area (Å²) in [4.78, 5) is 28.0. The number of benzene rings is 4. The van der Waals surface area contributed by atoms with E-state index in [1.165, 1.54) is 37.8 Å². The first-order chi connectivity index (χ1) is 25.6. The number of halogens is 1. The summed E-state index contributed by atoms with van der Waals surface area (Å²) < 4.78 is 31.4. The average molecular weight is 774 g/mol. The second-order valence-electron chi connectivity index (χ2n) is 14.3. The number of carbonyl (C=O) groups is 1. The van der Waals surface area contributed by atoms with Gasteiger partial charge in [0, 0.05) is 13.1 Å². The van der Waals surface area contributed by atoms with Gasteiger partial charge in [-0.05, 0) is 58.7 Å². The van der Waals surface area contributed by atoms with E-state index in [4.69, 9.17) is 17.3 Å². The largest absolute Gasteiger partial charge is 0.493 e. The van der Waals surface area contributed by atoms with Crippen molar-refractivity contribution >= 4 is 33.2 Å². The van der Waals surface area contributed by atoms with Crippen LogP contribution in [0.15, 0.2) is 119 Å². The molecule has 5 aromatic rings. The summed E-state index contributed by atoms with van der Waals surface area (Å²) >= 11 is 6.07. The number of rotatable bonds is 16. The van der Waals surface area contributed by atoms with Gasteiger partial charge < -0.3 is 21.3 Å². The van der Waals surface area contributed by atoms with Gasteiger partial charge >= 0.3 is 5.69 Å². The fourth-order valence-electron chi connectivity index (χ4n) is 6.47. The van der Waals surface area contributed by atoms with Crippen LogP contribution in [0.25, 0.3) is 11.1 Å². The van der Waals surface area contributed by atoms with Crippen LogP contribution in [0, 0.1) is 11.8 Å². The fourth-order valence-corrected chi connectivity index (χ4v) is 8.24. The summed E-state index contributed by atoms with van der Waals surface area (Å²) in [6, 6.07) is 28.8. The summed E-state index contributed by atoms with van der Waals surface area (Å²) in [6.07, 6.45) is 0.0542. The minimum atomic E-state index is -4.14. The number of carbonyl (C=O) groups excluding carboxylic acids is 1. The molecule has 0 aliphatic carbocycles.